The first-order chi connectivity index (χ1) is 5.56. The smallest absolute Gasteiger partial charge is 0.0483 e. The van der Waals surface area contributed by atoms with E-state index in [1.165, 1.54) is 0 Å². The summed E-state index contributed by atoms with van der Waals surface area (Å²) in [4.78, 5) is 0. The maximum absolute atomic E-state index is 8.06. The Bertz CT molecular complexity index is 36.3. The monoisotopic (exact) mass is 180 g/mol. The average molecular weight is 180 g/mol. The first-order valence-electron chi connectivity index (χ1n) is 4.46. The van der Waals surface area contributed by atoms with Crippen molar-refractivity contribution in [2.75, 3.05) is 13.2 Å². The zero-order valence-corrected chi connectivity index (χ0v) is 8.75. The van der Waals surface area contributed by atoms with Crippen molar-refractivity contribution in [3.8, 4) is 0 Å². The van der Waals surface area contributed by atoms with Crippen molar-refractivity contribution in [3.63, 3.8) is 0 Å². The summed E-state index contributed by atoms with van der Waals surface area (Å²) in [6, 6.07) is 0. The fourth-order valence-electron chi connectivity index (χ4n) is 0. The largest absolute Gasteiger partial charge is 0.396 e. The molecule has 0 saturated heterocycles. The molecule has 0 aromatic carbocycles. The molecule has 0 bridgehead atoms. The summed E-state index contributed by atoms with van der Waals surface area (Å²) in [5.74, 6) is 0. The Kier molecular flexibility index (Phi) is 33.3. The number of rotatable bonds is 2. The zero-order chi connectivity index (χ0) is 10.4. The van der Waals surface area contributed by atoms with Gasteiger partial charge in [0.25, 0.3) is 0 Å². The number of hydrogen-bond donors (Lipinski definition) is 3. The van der Waals surface area contributed by atoms with Gasteiger partial charge in [0.1, 0.15) is 0 Å². The van der Waals surface area contributed by atoms with Gasteiger partial charge in [-0.15, -0.1) is 0 Å². The predicted molar refractivity (Wildman–Crippen MR) is 52.1 cm³/mol. The molecular formula is C9H24O3. The zero-order valence-electron chi connectivity index (χ0n) is 8.75. The molecule has 78 valence electrons. The van der Waals surface area contributed by atoms with Crippen LogP contribution < -0.4 is 0 Å². The van der Waals surface area contributed by atoms with E-state index < -0.39 is 0 Å². The molecule has 0 amide bonds. The Morgan fingerprint density at radius 3 is 1.00 bits per heavy atom. The van der Waals surface area contributed by atoms with Crippen LogP contribution in [0.4, 0.5) is 0 Å². The van der Waals surface area contributed by atoms with E-state index in [2.05, 4.69) is 0 Å². The van der Waals surface area contributed by atoms with Crippen LogP contribution in [-0.2, 0) is 0 Å². The summed E-state index contributed by atoms with van der Waals surface area (Å²) in [5.41, 5.74) is 0. The minimum Gasteiger partial charge on any atom is -0.396 e. The summed E-state index contributed by atoms with van der Waals surface area (Å²) >= 11 is 0. The quantitative estimate of drug-likeness (QED) is 0.597. The van der Waals surface area contributed by atoms with Crippen LogP contribution in [0.15, 0.2) is 0 Å². The molecule has 0 rings (SSSR count). The Hall–Kier alpha value is -0.120. The number of aliphatic hydroxyl groups excluding tert-OH is 3. The van der Waals surface area contributed by atoms with Crippen LogP contribution in [0.25, 0.3) is 0 Å². The predicted octanol–water partition coefficient (Wildman–Crippen LogP) is 1.16. The van der Waals surface area contributed by atoms with Gasteiger partial charge in [-0.3, -0.25) is 0 Å². The van der Waals surface area contributed by atoms with E-state index in [0.29, 0.717) is 13.2 Å². The summed E-state index contributed by atoms with van der Waals surface area (Å²) in [7, 11) is 0. The fraction of sp³-hybridized carbons (Fsp3) is 1.00. The lowest BCUT2D eigenvalue weighted by atomic mass is 10.5. The molecule has 3 N–H and O–H groups in total. The third-order valence-electron chi connectivity index (χ3n) is 0.447. The third-order valence-corrected chi connectivity index (χ3v) is 0.447. The lowest BCUT2D eigenvalue weighted by Crippen LogP contribution is -1.85. The van der Waals surface area contributed by atoms with Gasteiger partial charge in [-0.2, -0.15) is 0 Å². The summed E-state index contributed by atoms with van der Waals surface area (Å²) < 4.78 is 0. The lowest BCUT2D eigenvalue weighted by Gasteiger charge is -1.80. The molecule has 3 nitrogen and oxygen atoms in total. The van der Waals surface area contributed by atoms with Crippen molar-refractivity contribution < 1.29 is 15.3 Å². The maximum atomic E-state index is 8.06. The Balaban J connectivity index is -0.000000101. The van der Waals surface area contributed by atoms with Crippen molar-refractivity contribution in [1.82, 2.24) is 0 Å². The molecule has 0 heterocycles. The molecule has 0 fully saturated rings. The lowest BCUT2D eigenvalue weighted by molar-refractivity contribution is 0.216. The SMILES string of the molecule is CC(C)O.CCCO.CCCO. The van der Waals surface area contributed by atoms with Crippen molar-refractivity contribution in [2.45, 2.75) is 46.6 Å². The van der Waals surface area contributed by atoms with Crippen LogP contribution in [0.1, 0.15) is 40.5 Å². The number of aliphatic hydroxyl groups is 3. The Morgan fingerprint density at radius 1 is 0.917 bits per heavy atom. The molecule has 0 aliphatic carbocycles. The van der Waals surface area contributed by atoms with Gasteiger partial charge in [-0.05, 0) is 26.7 Å². The fourth-order valence-corrected chi connectivity index (χ4v) is 0. The minimum atomic E-state index is -0.167. The molecule has 0 atom stereocenters. The van der Waals surface area contributed by atoms with Crippen LogP contribution >= 0.6 is 0 Å². The van der Waals surface area contributed by atoms with Crippen molar-refractivity contribution >= 4 is 0 Å². The highest BCUT2D eigenvalue weighted by molar-refractivity contribution is 4.20. The van der Waals surface area contributed by atoms with Gasteiger partial charge < -0.3 is 15.3 Å². The molecule has 0 unspecified atom stereocenters. The summed E-state index contributed by atoms with van der Waals surface area (Å²) in [5, 5.41) is 23.8. The Labute approximate surface area is 76.1 Å². The second kappa shape index (κ2) is 22.4. The molecule has 0 aromatic heterocycles. The molecule has 3 heteroatoms. The highest BCUT2D eigenvalue weighted by atomic mass is 16.3. The molecule has 0 aliphatic rings. The van der Waals surface area contributed by atoms with Crippen LogP contribution in [-0.4, -0.2) is 34.6 Å². The van der Waals surface area contributed by atoms with Gasteiger partial charge in [0.15, 0.2) is 0 Å². The summed E-state index contributed by atoms with van der Waals surface area (Å²) in [6.45, 7) is 7.94. The highest BCUT2D eigenvalue weighted by Gasteiger charge is 1.69. The standard InChI is InChI=1S/3C3H8O/c1-3(2)4;2*1-2-3-4/h3-4H,1-2H3;2*4H,2-3H2,1H3. The highest BCUT2D eigenvalue weighted by Crippen LogP contribution is 1.65. The van der Waals surface area contributed by atoms with Crippen LogP contribution in [0, 0.1) is 0 Å². The molecule has 0 aromatic rings. The van der Waals surface area contributed by atoms with Gasteiger partial charge >= 0.3 is 0 Å². The first kappa shape index (κ1) is 17.8. The minimum absolute atomic E-state index is 0.167. The van der Waals surface area contributed by atoms with E-state index in [0.717, 1.165) is 12.8 Å². The van der Waals surface area contributed by atoms with Crippen LogP contribution in [0.3, 0.4) is 0 Å². The molecule has 0 radical (unpaired) electrons. The Morgan fingerprint density at radius 2 is 1.00 bits per heavy atom. The third kappa shape index (κ3) is 220. The van der Waals surface area contributed by atoms with Crippen molar-refractivity contribution in [1.29, 1.82) is 0 Å². The number of hydrogen-bond acceptors (Lipinski definition) is 3. The molecule has 0 saturated carbocycles. The maximum Gasteiger partial charge on any atom is 0.0483 e. The molecule has 12 heavy (non-hydrogen) atoms. The van der Waals surface area contributed by atoms with Gasteiger partial charge in [-0.25, -0.2) is 0 Å². The van der Waals surface area contributed by atoms with E-state index >= 15 is 0 Å². The van der Waals surface area contributed by atoms with E-state index in [-0.39, 0.29) is 6.10 Å². The first-order valence-corrected chi connectivity index (χ1v) is 4.46. The van der Waals surface area contributed by atoms with E-state index in [4.69, 9.17) is 15.3 Å². The normalized spacial score (nSPS) is 8.00. The van der Waals surface area contributed by atoms with Crippen molar-refractivity contribution in [3.05, 3.63) is 0 Å². The topological polar surface area (TPSA) is 60.7 Å². The van der Waals surface area contributed by atoms with Gasteiger partial charge in [-0.1, -0.05) is 13.8 Å². The van der Waals surface area contributed by atoms with E-state index in [1.807, 2.05) is 13.8 Å². The summed E-state index contributed by atoms with van der Waals surface area (Å²) in [6.07, 6.45) is 1.58. The van der Waals surface area contributed by atoms with E-state index in [9.17, 15) is 0 Å². The van der Waals surface area contributed by atoms with Gasteiger partial charge in [0.05, 0.1) is 0 Å². The molecular weight excluding hydrogens is 156 g/mol. The average Bonchev–Trinajstić information content (AvgIpc) is 2.03. The molecule has 0 spiro atoms. The van der Waals surface area contributed by atoms with Crippen LogP contribution in [0.2, 0.25) is 0 Å². The van der Waals surface area contributed by atoms with Crippen molar-refractivity contribution in [2.24, 2.45) is 0 Å². The molecule has 0 aliphatic heterocycles. The van der Waals surface area contributed by atoms with Gasteiger partial charge in [0, 0.05) is 19.3 Å². The second-order valence-electron chi connectivity index (χ2n) is 2.54. The van der Waals surface area contributed by atoms with E-state index in [1.54, 1.807) is 13.8 Å². The van der Waals surface area contributed by atoms with Gasteiger partial charge in [0.2, 0.25) is 0 Å². The van der Waals surface area contributed by atoms with Crippen LogP contribution in [0.5, 0.6) is 0 Å². The second-order valence-corrected chi connectivity index (χ2v) is 2.54.